The maximum Gasteiger partial charge on any atom is 0.0417 e. The zero-order valence-electron chi connectivity index (χ0n) is 12.7. The third-order valence-electron chi connectivity index (χ3n) is 4.05. The van der Waals surface area contributed by atoms with E-state index >= 15 is 0 Å². The SMILES string of the molecule is CCNC(C)c1ccccc1N1CCN(C)CC1C. The van der Waals surface area contributed by atoms with Crippen molar-refractivity contribution in [3.63, 3.8) is 0 Å². The number of hydrogen-bond donors (Lipinski definition) is 1. The Morgan fingerprint density at radius 2 is 2.05 bits per heavy atom. The molecular formula is C16H27N3. The van der Waals surface area contributed by atoms with E-state index in [1.54, 1.807) is 0 Å². The maximum absolute atomic E-state index is 3.53. The number of para-hydroxylation sites is 1. The van der Waals surface area contributed by atoms with Crippen LogP contribution in [0.2, 0.25) is 0 Å². The monoisotopic (exact) mass is 261 g/mol. The highest BCUT2D eigenvalue weighted by atomic mass is 15.3. The molecule has 1 fully saturated rings. The maximum atomic E-state index is 3.53. The number of likely N-dealkylation sites (N-methyl/N-ethyl adjacent to an activating group) is 1. The summed E-state index contributed by atoms with van der Waals surface area (Å²) in [6.45, 7) is 11.2. The Morgan fingerprint density at radius 3 is 2.74 bits per heavy atom. The highest BCUT2D eigenvalue weighted by molar-refractivity contribution is 5.56. The van der Waals surface area contributed by atoms with Crippen molar-refractivity contribution in [1.82, 2.24) is 10.2 Å². The molecule has 0 radical (unpaired) electrons. The molecule has 0 bridgehead atoms. The fourth-order valence-electron chi connectivity index (χ4n) is 3.03. The Hall–Kier alpha value is -1.06. The molecular weight excluding hydrogens is 234 g/mol. The molecule has 1 aromatic rings. The molecule has 1 heterocycles. The standard InChI is InChI=1S/C16H27N3/c1-5-17-14(3)15-8-6-7-9-16(15)19-11-10-18(4)12-13(19)2/h6-9,13-14,17H,5,10-12H2,1-4H3. The number of anilines is 1. The highest BCUT2D eigenvalue weighted by Gasteiger charge is 2.24. The minimum Gasteiger partial charge on any atom is -0.366 e. The van der Waals surface area contributed by atoms with Gasteiger partial charge in [0.2, 0.25) is 0 Å². The van der Waals surface area contributed by atoms with Gasteiger partial charge in [-0.15, -0.1) is 0 Å². The molecule has 0 saturated carbocycles. The third kappa shape index (κ3) is 3.28. The van der Waals surface area contributed by atoms with E-state index in [1.165, 1.54) is 11.3 Å². The lowest BCUT2D eigenvalue weighted by molar-refractivity contribution is 0.275. The van der Waals surface area contributed by atoms with Crippen molar-refractivity contribution >= 4 is 5.69 Å². The van der Waals surface area contributed by atoms with Crippen LogP contribution in [0.5, 0.6) is 0 Å². The first-order valence-electron chi connectivity index (χ1n) is 7.41. The van der Waals surface area contributed by atoms with Gasteiger partial charge < -0.3 is 15.1 Å². The second-order valence-corrected chi connectivity index (χ2v) is 5.64. The first-order chi connectivity index (χ1) is 9.13. The zero-order valence-corrected chi connectivity index (χ0v) is 12.7. The molecule has 1 aliphatic rings. The third-order valence-corrected chi connectivity index (χ3v) is 4.05. The fourth-order valence-corrected chi connectivity index (χ4v) is 3.03. The summed E-state index contributed by atoms with van der Waals surface area (Å²) in [5.74, 6) is 0. The molecule has 0 aliphatic carbocycles. The lowest BCUT2D eigenvalue weighted by Crippen LogP contribution is -2.51. The van der Waals surface area contributed by atoms with Crippen LogP contribution in [0.1, 0.15) is 32.4 Å². The lowest BCUT2D eigenvalue weighted by atomic mass is 10.0. The van der Waals surface area contributed by atoms with E-state index in [4.69, 9.17) is 0 Å². The summed E-state index contributed by atoms with van der Waals surface area (Å²) in [4.78, 5) is 4.97. The molecule has 3 nitrogen and oxygen atoms in total. The summed E-state index contributed by atoms with van der Waals surface area (Å²) >= 11 is 0. The minimum atomic E-state index is 0.410. The Labute approximate surface area is 117 Å². The van der Waals surface area contributed by atoms with Gasteiger partial charge in [-0.1, -0.05) is 25.1 Å². The van der Waals surface area contributed by atoms with Crippen LogP contribution in [0.15, 0.2) is 24.3 Å². The second-order valence-electron chi connectivity index (χ2n) is 5.64. The van der Waals surface area contributed by atoms with Crippen molar-refractivity contribution in [2.24, 2.45) is 0 Å². The number of benzene rings is 1. The van der Waals surface area contributed by atoms with Crippen LogP contribution in [0.3, 0.4) is 0 Å². The Kier molecular flexibility index (Phi) is 4.83. The summed E-state index contributed by atoms with van der Waals surface area (Å²) in [5, 5.41) is 3.53. The van der Waals surface area contributed by atoms with Gasteiger partial charge in [-0.25, -0.2) is 0 Å². The quantitative estimate of drug-likeness (QED) is 0.898. The molecule has 1 aliphatic heterocycles. The van der Waals surface area contributed by atoms with E-state index in [9.17, 15) is 0 Å². The second kappa shape index (κ2) is 6.40. The summed E-state index contributed by atoms with van der Waals surface area (Å²) in [6.07, 6.45) is 0. The summed E-state index contributed by atoms with van der Waals surface area (Å²) in [6, 6.07) is 9.82. The molecule has 106 valence electrons. The van der Waals surface area contributed by atoms with Gasteiger partial charge in [-0.2, -0.15) is 0 Å². The fraction of sp³-hybridized carbons (Fsp3) is 0.625. The molecule has 3 heteroatoms. The van der Waals surface area contributed by atoms with Gasteiger partial charge in [0.15, 0.2) is 0 Å². The molecule has 1 N–H and O–H groups in total. The van der Waals surface area contributed by atoms with Crippen LogP contribution in [0.4, 0.5) is 5.69 Å². The van der Waals surface area contributed by atoms with Crippen LogP contribution in [-0.4, -0.2) is 44.2 Å². The van der Waals surface area contributed by atoms with E-state index in [2.05, 4.69) is 67.2 Å². The van der Waals surface area contributed by atoms with Gasteiger partial charge in [-0.05, 0) is 39.1 Å². The molecule has 0 amide bonds. The first kappa shape index (κ1) is 14.4. The molecule has 2 atom stereocenters. The van der Waals surface area contributed by atoms with Crippen molar-refractivity contribution in [2.45, 2.75) is 32.9 Å². The predicted octanol–water partition coefficient (Wildman–Crippen LogP) is 2.50. The van der Waals surface area contributed by atoms with Gasteiger partial charge in [0.1, 0.15) is 0 Å². The Bertz CT molecular complexity index is 405. The van der Waals surface area contributed by atoms with Crippen LogP contribution in [-0.2, 0) is 0 Å². The number of nitrogens with one attached hydrogen (secondary N) is 1. The molecule has 2 rings (SSSR count). The molecule has 2 unspecified atom stereocenters. The van der Waals surface area contributed by atoms with E-state index < -0.39 is 0 Å². The van der Waals surface area contributed by atoms with Crippen LogP contribution in [0.25, 0.3) is 0 Å². The number of rotatable bonds is 4. The number of piperazine rings is 1. The minimum absolute atomic E-state index is 0.410. The van der Waals surface area contributed by atoms with Crippen molar-refractivity contribution in [1.29, 1.82) is 0 Å². The van der Waals surface area contributed by atoms with Crippen molar-refractivity contribution in [2.75, 3.05) is 38.1 Å². The molecule has 0 aromatic heterocycles. The average molecular weight is 261 g/mol. The van der Waals surface area contributed by atoms with Gasteiger partial charge in [0.25, 0.3) is 0 Å². The van der Waals surface area contributed by atoms with Crippen LogP contribution >= 0.6 is 0 Å². The van der Waals surface area contributed by atoms with E-state index in [1.807, 2.05) is 0 Å². The van der Waals surface area contributed by atoms with Crippen molar-refractivity contribution in [3.05, 3.63) is 29.8 Å². The van der Waals surface area contributed by atoms with Gasteiger partial charge in [0.05, 0.1) is 0 Å². The number of nitrogens with zero attached hydrogens (tertiary/aromatic N) is 2. The topological polar surface area (TPSA) is 18.5 Å². The highest BCUT2D eigenvalue weighted by Crippen LogP contribution is 2.28. The number of hydrogen-bond acceptors (Lipinski definition) is 3. The first-order valence-corrected chi connectivity index (χ1v) is 7.41. The lowest BCUT2D eigenvalue weighted by Gasteiger charge is -2.41. The summed E-state index contributed by atoms with van der Waals surface area (Å²) in [7, 11) is 2.21. The molecule has 19 heavy (non-hydrogen) atoms. The Balaban J connectivity index is 2.24. The van der Waals surface area contributed by atoms with Crippen LogP contribution in [0, 0.1) is 0 Å². The predicted molar refractivity (Wildman–Crippen MR) is 82.8 cm³/mol. The summed E-state index contributed by atoms with van der Waals surface area (Å²) in [5.41, 5.74) is 2.82. The van der Waals surface area contributed by atoms with Gasteiger partial charge >= 0.3 is 0 Å². The largest absolute Gasteiger partial charge is 0.366 e. The smallest absolute Gasteiger partial charge is 0.0417 e. The normalized spacial score (nSPS) is 22.5. The van der Waals surface area contributed by atoms with Crippen LogP contribution < -0.4 is 10.2 Å². The van der Waals surface area contributed by atoms with Gasteiger partial charge in [0, 0.05) is 37.4 Å². The van der Waals surface area contributed by atoms with Crippen molar-refractivity contribution < 1.29 is 0 Å². The average Bonchev–Trinajstić information content (AvgIpc) is 2.39. The summed E-state index contributed by atoms with van der Waals surface area (Å²) < 4.78 is 0. The van der Waals surface area contributed by atoms with E-state index in [-0.39, 0.29) is 0 Å². The van der Waals surface area contributed by atoms with Gasteiger partial charge in [-0.3, -0.25) is 0 Å². The zero-order chi connectivity index (χ0) is 13.8. The van der Waals surface area contributed by atoms with E-state index in [0.717, 1.165) is 26.2 Å². The van der Waals surface area contributed by atoms with Crippen molar-refractivity contribution in [3.8, 4) is 0 Å². The molecule has 0 spiro atoms. The Morgan fingerprint density at radius 1 is 1.32 bits per heavy atom. The van der Waals surface area contributed by atoms with E-state index in [0.29, 0.717) is 12.1 Å². The molecule has 1 saturated heterocycles. The molecule has 1 aromatic carbocycles.